The van der Waals surface area contributed by atoms with Gasteiger partial charge in [0.05, 0.1) is 0 Å². The Balaban J connectivity index is 1.19. The van der Waals surface area contributed by atoms with Gasteiger partial charge in [-0.05, 0) is 165 Å². The number of hydrogen-bond acceptors (Lipinski definition) is 3. The van der Waals surface area contributed by atoms with E-state index in [4.69, 9.17) is 0 Å². The summed E-state index contributed by atoms with van der Waals surface area (Å²) in [7, 11) is 0. The SMILES string of the molecule is CSc1cc2c(C)c(N(c3ccccc3)c3ccc(C(C)(C)C)cc3)ccc2cc1-c1ccc2c(C)c(N(c3ccccc3)c3ccc(C(C)(C)C)cc3)ccc2c1. The van der Waals surface area contributed by atoms with Crippen LogP contribution in [0.5, 0.6) is 0 Å². The van der Waals surface area contributed by atoms with E-state index in [9.17, 15) is 0 Å². The molecule has 0 spiro atoms. The highest BCUT2D eigenvalue weighted by Gasteiger charge is 2.21. The third-order valence-electron chi connectivity index (χ3n) is 11.6. The van der Waals surface area contributed by atoms with E-state index in [1.165, 1.54) is 71.2 Å². The highest BCUT2D eigenvalue weighted by molar-refractivity contribution is 7.98. The molecule has 2 nitrogen and oxygen atoms in total. The monoisotopic (exact) mass is 774 g/mol. The number of rotatable bonds is 8. The standard InChI is InChI=1S/C55H54N2S/c1-37-48-31-20-40(34-39(48)21-32-51(37)56(44-16-12-10-13-17-44)46-27-23-42(24-28-46)54(3,4)5)50-35-41-22-33-52(38(2)49(41)36-53(50)58-9)57(45-18-14-11-15-19-45)47-29-25-43(26-30-47)55(6,7)8/h10-36H,1-9H3. The van der Waals surface area contributed by atoms with Gasteiger partial charge in [-0.2, -0.15) is 0 Å². The molecule has 0 aromatic heterocycles. The van der Waals surface area contributed by atoms with E-state index in [2.05, 4.69) is 235 Å². The fourth-order valence-corrected chi connectivity index (χ4v) is 8.87. The van der Waals surface area contributed by atoms with Crippen LogP contribution in [0.4, 0.5) is 34.1 Å². The lowest BCUT2D eigenvalue weighted by atomic mass is 9.87. The van der Waals surface area contributed by atoms with Gasteiger partial charge in [-0.15, -0.1) is 11.8 Å². The van der Waals surface area contributed by atoms with Gasteiger partial charge in [0.15, 0.2) is 0 Å². The lowest BCUT2D eigenvalue weighted by Gasteiger charge is -2.29. The molecule has 0 amide bonds. The number of fused-ring (bicyclic) bond motifs is 2. The maximum atomic E-state index is 2.40. The Morgan fingerprint density at radius 2 is 0.845 bits per heavy atom. The van der Waals surface area contributed by atoms with Crippen molar-refractivity contribution in [3.63, 3.8) is 0 Å². The van der Waals surface area contributed by atoms with Gasteiger partial charge >= 0.3 is 0 Å². The molecule has 0 unspecified atom stereocenters. The Kier molecular flexibility index (Phi) is 10.5. The van der Waals surface area contributed by atoms with Crippen LogP contribution in [0.1, 0.15) is 63.8 Å². The topological polar surface area (TPSA) is 6.48 Å². The van der Waals surface area contributed by atoms with E-state index < -0.39 is 0 Å². The van der Waals surface area contributed by atoms with Crippen LogP contribution in [0.3, 0.4) is 0 Å². The average molecular weight is 775 g/mol. The summed E-state index contributed by atoms with van der Waals surface area (Å²) in [5, 5.41) is 5.02. The molecule has 0 saturated carbocycles. The number of anilines is 6. The lowest BCUT2D eigenvalue weighted by molar-refractivity contribution is 0.590. The number of hydrogen-bond donors (Lipinski definition) is 0. The second-order valence-corrected chi connectivity index (χ2v) is 18.4. The molecule has 8 aromatic carbocycles. The van der Waals surface area contributed by atoms with Crippen molar-refractivity contribution >= 4 is 67.4 Å². The van der Waals surface area contributed by atoms with Gasteiger partial charge in [-0.3, -0.25) is 0 Å². The first-order valence-electron chi connectivity index (χ1n) is 20.4. The molecular weight excluding hydrogens is 721 g/mol. The second kappa shape index (κ2) is 15.5. The molecular formula is C55H54N2S. The fourth-order valence-electron chi connectivity index (χ4n) is 8.24. The zero-order valence-electron chi connectivity index (χ0n) is 35.4. The minimum Gasteiger partial charge on any atom is -0.310 e. The highest BCUT2D eigenvalue weighted by atomic mass is 32.2. The molecule has 0 aliphatic carbocycles. The van der Waals surface area contributed by atoms with Crippen molar-refractivity contribution in [2.24, 2.45) is 0 Å². The minimum absolute atomic E-state index is 0.0939. The molecule has 290 valence electrons. The molecule has 0 saturated heterocycles. The number of benzene rings is 8. The van der Waals surface area contributed by atoms with Crippen LogP contribution in [0.15, 0.2) is 169 Å². The summed E-state index contributed by atoms with van der Waals surface area (Å²) >= 11 is 1.82. The Morgan fingerprint density at radius 3 is 1.29 bits per heavy atom. The molecule has 8 aromatic rings. The zero-order valence-corrected chi connectivity index (χ0v) is 36.2. The largest absolute Gasteiger partial charge is 0.310 e. The Bertz CT molecular complexity index is 2720. The van der Waals surface area contributed by atoms with E-state index in [1.54, 1.807) is 0 Å². The van der Waals surface area contributed by atoms with Crippen molar-refractivity contribution in [1.82, 2.24) is 0 Å². The summed E-state index contributed by atoms with van der Waals surface area (Å²) in [4.78, 5) is 6.06. The predicted octanol–water partition coefficient (Wildman–Crippen LogP) is 16.5. The van der Waals surface area contributed by atoms with Crippen LogP contribution < -0.4 is 9.80 Å². The molecule has 3 heteroatoms. The second-order valence-electron chi connectivity index (χ2n) is 17.6. The van der Waals surface area contributed by atoms with Crippen molar-refractivity contribution in [1.29, 1.82) is 0 Å². The van der Waals surface area contributed by atoms with Crippen molar-refractivity contribution < 1.29 is 0 Å². The summed E-state index contributed by atoms with van der Waals surface area (Å²) in [6.07, 6.45) is 2.20. The Hall–Kier alpha value is -5.77. The summed E-state index contributed by atoms with van der Waals surface area (Å²) in [6, 6.07) is 60.6. The summed E-state index contributed by atoms with van der Waals surface area (Å²) in [5.41, 5.74) is 14.9. The zero-order chi connectivity index (χ0) is 40.8. The van der Waals surface area contributed by atoms with E-state index >= 15 is 0 Å². The molecule has 0 aliphatic rings. The van der Waals surface area contributed by atoms with Crippen LogP contribution in [0.2, 0.25) is 0 Å². The molecule has 0 aliphatic heterocycles. The van der Waals surface area contributed by atoms with E-state index in [-0.39, 0.29) is 10.8 Å². The first-order valence-corrected chi connectivity index (χ1v) is 21.6. The highest BCUT2D eigenvalue weighted by Crippen LogP contribution is 2.44. The van der Waals surface area contributed by atoms with E-state index in [0.29, 0.717) is 0 Å². The van der Waals surface area contributed by atoms with E-state index in [0.717, 1.165) is 22.7 Å². The molecule has 8 rings (SSSR count). The number of nitrogens with zero attached hydrogens (tertiary/aromatic N) is 2. The normalized spacial score (nSPS) is 11.9. The Morgan fingerprint density at radius 1 is 0.414 bits per heavy atom. The van der Waals surface area contributed by atoms with Gasteiger partial charge in [0.25, 0.3) is 0 Å². The Labute approximate surface area is 350 Å². The molecule has 58 heavy (non-hydrogen) atoms. The molecule has 0 atom stereocenters. The smallest absolute Gasteiger partial charge is 0.0497 e. The van der Waals surface area contributed by atoms with Gasteiger partial charge in [0.1, 0.15) is 0 Å². The summed E-state index contributed by atoms with van der Waals surface area (Å²) < 4.78 is 0. The molecule has 0 N–H and O–H groups in total. The van der Waals surface area contributed by atoms with Crippen LogP contribution in [-0.2, 0) is 10.8 Å². The minimum atomic E-state index is 0.0939. The van der Waals surface area contributed by atoms with Crippen molar-refractivity contribution in [3.05, 3.63) is 186 Å². The maximum absolute atomic E-state index is 2.40. The van der Waals surface area contributed by atoms with Crippen LogP contribution >= 0.6 is 11.8 Å². The molecule has 0 radical (unpaired) electrons. The van der Waals surface area contributed by atoms with Crippen LogP contribution in [0.25, 0.3) is 32.7 Å². The van der Waals surface area contributed by atoms with Crippen molar-refractivity contribution in [2.45, 2.75) is 71.1 Å². The van der Waals surface area contributed by atoms with E-state index in [1.807, 2.05) is 11.8 Å². The fraction of sp³-hybridized carbons (Fsp3) is 0.200. The van der Waals surface area contributed by atoms with Gasteiger partial charge in [0.2, 0.25) is 0 Å². The molecule has 0 bridgehead atoms. The third-order valence-corrected chi connectivity index (χ3v) is 12.4. The van der Waals surface area contributed by atoms with Gasteiger partial charge in [-0.1, -0.05) is 126 Å². The summed E-state index contributed by atoms with van der Waals surface area (Å²) in [6.45, 7) is 18.1. The maximum Gasteiger partial charge on any atom is 0.0497 e. The average Bonchev–Trinajstić information content (AvgIpc) is 3.23. The molecule has 0 heterocycles. The quantitative estimate of drug-likeness (QED) is 0.142. The molecule has 0 fully saturated rings. The van der Waals surface area contributed by atoms with Crippen LogP contribution in [-0.4, -0.2) is 6.26 Å². The predicted molar refractivity (Wildman–Crippen MR) is 255 cm³/mol. The number of thioether (sulfide) groups is 1. The van der Waals surface area contributed by atoms with Crippen LogP contribution in [0, 0.1) is 13.8 Å². The number of aryl methyl sites for hydroxylation is 2. The van der Waals surface area contributed by atoms with Crippen molar-refractivity contribution in [3.8, 4) is 11.1 Å². The number of para-hydroxylation sites is 2. The van der Waals surface area contributed by atoms with Gasteiger partial charge < -0.3 is 9.80 Å². The first kappa shape index (κ1) is 39.1. The van der Waals surface area contributed by atoms with Crippen molar-refractivity contribution in [2.75, 3.05) is 16.1 Å². The third kappa shape index (κ3) is 7.52. The first-order chi connectivity index (χ1) is 27.8. The lowest BCUT2D eigenvalue weighted by Crippen LogP contribution is -2.14. The summed E-state index contributed by atoms with van der Waals surface area (Å²) in [5.74, 6) is 0. The van der Waals surface area contributed by atoms with Gasteiger partial charge in [-0.25, -0.2) is 0 Å². The van der Waals surface area contributed by atoms with Gasteiger partial charge in [0, 0.05) is 39.0 Å².